The lowest BCUT2D eigenvalue weighted by atomic mass is 9.99. The summed E-state index contributed by atoms with van der Waals surface area (Å²) in [6.45, 7) is 1.75. The molecular weight excluding hydrogens is 172 g/mol. The third-order valence-electron chi connectivity index (χ3n) is 2.17. The van der Waals surface area contributed by atoms with Gasteiger partial charge in [-0.15, -0.1) is 11.3 Å². The number of hydrogen-bond donors (Lipinski definition) is 1. The Morgan fingerprint density at radius 3 is 2.83 bits per heavy atom. The Balaban J connectivity index is 2.08. The monoisotopic (exact) mass is 184 g/mol. The van der Waals surface area contributed by atoms with Crippen LogP contribution in [0.15, 0.2) is 6.20 Å². The second kappa shape index (κ2) is 3.41. The molecule has 1 fully saturated rings. The summed E-state index contributed by atoms with van der Waals surface area (Å²) in [4.78, 5) is 5.36. The molecule has 2 heterocycles. The Bertz CT molecular complexity index is 255. The van der Waals surface area contributed by atoms with Crippen LogP contribution < -0.4 is 5.73 Å². The van der Waals surface area contributed by atoms with Gasteiger partial charge in [0.15, 0.2) is 5.13 Å². The van der Waals surface area contributed by atoms with Crippen LogP contribution in [-0.4, -0.2) is 18.2 Å². The summed E-state index contributed by atoms with van der Waals surface area (Å²) in [5.41, 5.74) is 5.56. The van der Waals surface area contributed by atoms with Gasteiger partial charge < -0.3 is 10.5 Å². The Hall–Kier alpha value is -0.610. The van der Waals surface area contributed by atoms with Crippen molar-refractivity contribution in [3.8, 4) is 0 Å². The maximum atomic E-state index is 5.56. The summed E-state index contributed by atoms with van der Waals surface area (Å²) >= 11 is 1.61. The summed E-state index contributed by atoms with van der Waals surface area (Å²) < 4.78 is 5.28. The first-order chi connectivity index (χ1) is 5.86. The van der Waals surface area contributed by atoms with Gasteiger partial charge in [-0.3, -0.25) is 0 Å². The van der Waals surface area contributed by atoms with Gasteiger partial charge in [0.05, 0.1) is 0 Å². The molecule has 12 heavy (non-hydrogen) atoms. The number of anilines is 1. The summed E-state index contributed by atoms with van der Waals surface area (Å²) in [6, 6.07) is 0. The summed E-state index contributed by atoms with van der Waals surface area (Å²) in [7, 11) is 0. The first-order valence-electron chi connectivity index (χ1n) is 4.15. The molecule has 0 radical (unpaired) electrons. The minimum atomic E-state index is 0.633. The number of rotatable bonds is 1. The van der Waals surface area contributed by atoms with E-state index in [-0.39, 0.29) is 0 Å². The van der Waals surface area contributed by atoms with E-state index in [1.165, 1.54) is 4.88 Å². The summed E-state index contributed by atoms with van der Waals surface area (Å²) in [5, 5.41) is 0.677. The average Bonchev–Trinajstić information content (AvgIpc) is 2.54. The molecule has 4 heteroatoms. The van der Waals surface area contributed by atoms with E-state index in [4.69, 9.17) is 10.5 Å². The molecular formula is C8H12N2OS. The molecule has 1 saturated heterocycles. The van der Waals surface area contributed by atoms with E-state index in [2.05, 4.69) is 4.98 Å². The van der Waals surface area contributed by atoms with Gasteiger partial charge in [0.25, 0.3) is 0 Å². The first-order valence-corrected chi connectivity index (χ1v) is 4.97. The predicted octanol–water partition coefficient (Wildman–Crippen LogP) is 1.62. The van der Waals surface area contributed by atoms with Crippen LogP contribution in [0.1, 0.15) is 23.6 Å². The number of nitrogen functional groups attached to an aromatic ring is 1. The fourth-order valence-corrected chi connectivity index (χ4v) is 2.33. The van der Waals surface area contributed by atoms with Crippen molar-refractivity contribution in [2.45, 2.75) is 18.8 Å². The lowest BCUT2D eigenvalue weighted by molar-refractivity contribution is 0.0860. The molecule has 0 bridgehead atoms. The second-order valence-electron chi connectivity index (χ2n) is 2.99. The van der Waals surface area contributed by atoms with E-state index >= 15 is 0 Å². The molecule has 0 spiro atoms. The number of aromatic nitrogens is 1. The highest BCUT2D eigenvalue weighted by atomic mass is 32.1. The van der Waals surface area contributed by atoms with Gasteiger partial charge in [-0.05, 0) is 18.8 Å². The lowest BCUT2D eigenvalue weighted by Gasteiger charge is -2.19. The number of nitrogens with two attached hydrogens (primary N) is 1. The van der Waals surface area contributed by atoms with Crippen LogP contribution in [-0.2, 0) is 4.74 Å². The lowest BCUT2D eigenvalue weighted by Crippen LogP contribution is -2.12. The van der Waals surface area contributed by atoms with Crippen LogP contribution >= 0.6 is 11.3 Å². The predicted molar refractivity (Wildman–Crippen MR) is 49.3 cm³/mol. The van der Waals surface area contributed by atoms with Gasteiger partial charge in [0, 0.05) is 24.3 Å². The molecule has 1 aliphatic heterocycles. The fraction of sp³-hybridized carbons (Fsp3) is 0.625. The quantitative estimate of drug-likeness (QED) is 0.721. The van der Waals surface area contributed by atoms with Gasteiger partial charge in [0.2, 0.25) is 0 Å². The van der Waals surface area contributed by atoms with Crippen LogP contribution in [0.2, 0.25) is 0 Å². The maximum absolute atomic E-state index is 5.56. The Morgan fingerprint density at radius 2 is 2.25 bits per heavy atom. The zero-order valence-corrected chi connectivity index (χ0v) is 7.64. The van der Waals surface area contributed by atoms with Gasteiger partial charge in [-0.25, -0.2) is 4.98 Å². The summed E-state index contributed by atoms with van der Waals surface area (Å²) in [5.74, 6) is 0.633. The minimum Gasteiger partial charge on any atom is -0.381 e. The molecule has 0 atom stereocenters. The maximum Gasteiger partial charge on any atom is 0.180 e. The third kappa shape index (κ3) is 1.59. The highest BCUT2D eigenvalue weighted by Crippen LogP contribution is 2.31. The van der Waals surface area contributed by atoms with Crippen molar-refractivity contribution in [1.82, 2.24) is 4.98 Å². The summed E-state index contributed by atoms with van der Waals surface area (Å²) in [6.07, 6.45) is 4.12. The number of thiazole rings is 1. The third-order valence-corrected chi connectivity index (χ3v) is 3.15. The van der Waals surface area contributed by atoms with Gasteiger partial charge in [-0.2, -0.15) is 0 Å². The van der Waals surface area contributed by atoms with Crippen molar-refractivity contribution >= 4 is 16.5 Å². The van der Waals surface area contributed by atoms with Gasteiger partial charge >= 0.3 is 0 Å². The van der Waals surface area contributed by atoms with Crippen LogP contribution in [0.5, 0.6) is 0 Å². The topological polar surface area (TPSA) is 48.1 Å². The zero-order valence-electron chi connectivity index (χ0n) is 6.82. The molecule has 1 aromatic rings. The Morgan fingerprint density at radius 1 is 1.50 bits per heavy atom. The average molecular weight is 184 g/mol. The van der Waals surface area contributed by atoms with Crippen molar-refractivity contribution in [1.29, 1.82) is 0 Å². The number of nitrogens with zero attached hydrogens (tertiary/aromatic N) is 1. The Kier molecular flexibility index (Phi) is 2.28. The van der Waals surface area contributed by atoms with Crippen molar-refractivity contribution in [2.24, 2.45) is 0 Å². The minimum absolute atomic E-state index is 0.633. The molecule has 66 valence electrons. The van der Waals surface area contributed by atoms with E-state index in [9.17, 15) is 0 Å². The van der Waals surface area contributed by atoms with Crippen LogP contribution in [0.25, 0.3) is 0 Å². The largest absolute Gasteiger partial charge is 0.381 e. The molecule has 0 amide bonds. The fourth-order valence-electron chi connectivity index (χ4n) is 1.47. The molecule has 0 unspecified atom stereocenters. The molecule has 0 aromatic carbocycles. The van der Waals surface area contributed by atoms with Gasteiger partial charge in [0.1, 0.15) is 0 Å². The van der Waals surface area contributed by atoms with E-state index in [0.29, 0.717) is 11.0 Å². The van der Waals surface area contributed by atoms with E-state index < -0.39 is 0 Å². The molecule has 0 saturated carbocycles. The molecule has 3 nitrogen and oxygen atoms in total. The highest BCUT2D eigenvalue weighted by Gasteiger charge is 2.17. The smallest absolute Gasteiger partial charge is 0.180 e. The van der Waals surface area contributed by atoms with Crippen LogP contribution in [0.3, 0.4) is 0 Å². The zero-order chi connectivity index (χ0) is 8.39. The molecule has 2 rings (SSSR count). The standard InChI is InChI=1S/C8H12N2OS/c9-8-10-5-7(12-8)6-1-3-11-4-2-6/h5-6H,1-4H2,(H2,9,10). The van der Waals surface area contributed by atoms with Crippen LogP contribution in [0.4, 0.5) is 5.13 Å². The Labute approximate surface area is 75.6 Å². The van der Waals surface area contributed by atoms with Crippen molar-refractivity contribution < 1.29 is 4.74 Å². The highest BCUT2D eigenvalue weighted by molar-refractivity contribution is 7.15. The SMILES string of the molecule is Nc1ncc(C2CCOCC2)s1. The normalized spacial score (nSPS) is 19.7. The van der Waals surface area contributed by atoms with Crippen molar-refractivity contribution in [3.05, 3.63) is 11.1 Å². The molecule has 1 aromatic heterocycles. The van der Waals surface area contributed by atoms with Crippen LogP contribution in [0, 0.1) is 0 Å². The first kappa shape index (κ1) is 8.01. The second-order valence-corrected chi connectivity index (χ2v) is 4.08. The van der Waals surface area contributed by atoms with E-state index in [1.807, 2.05) is 6.20 Å². The molecule has 2 N–H and O–H groups in total. The van der Waals surface area contributed by atoms with E-state index in [0.717, 1.165) is 26.1 Å². The van der Waals surface area contributed by atoms with Crippen molar-refractivity contribution in [3.63, 3.8) is 0 Å². The number of ether oxygens (including phenoxy) is 1. The van der Waals surface area contributed by atoms with E-state index in [1.54, 1.807) is 11.3 Å². The van der Waals surface area contributed by atoms with Crippen molar-refractivity contribution in [2.75, 3.05) is 18.9 Å². The molecule has 0 aliphatic carbocycles. The van der Waals surface area contributed by atoms with Gasteiger partial charge in [-0.1, -0.05) is 0 Å². The molecule has 1 aliphatic rings. The number of hydrogen-bond acceptors (Lipinski definition) is 4.